The second kappa shape index (κ2) is 6.72. The van der Waals surface area contributed by atoms with Gasteiger partial charge in [0, 0.05) is 34.1 Å². The number of benzene rings is 1. The summed E-state index contributed by atoms with van der Waals surface area (Å²) in [5, 5.41) is 12.8. The molecule has 1 fully saturated rings. The van der Waals surface area contributed by atoms with Crippen molar-refractivity contribution in [3.05, 3.63) is 34.4 Å². The topological polar surface area (TPSA) is 91.4 Å². The summed E-state index contributed by atoms with van der Waals surface area (Å²) in [4.78, 5) is 27.1. The summed E-state index contributed by atoms with van der Waals surface area (Å²) < 4.78 is 6.13. The average molecular weight is 381 g/mol. The van der Waals surface area contributed by atoms with E-state index in [4.69, 9.17) is 4.74 Å². The van der Waals surface area contributed by atoms with Gasteiger partial charge in [-0.1, -0.05) is 22.0 Å². The second-order valence-corrected chi connectivity index (χ2v) is 6.49. The van der Waals surface area contributed by atoms with Crippen LogP contribution in [0.2, 0.25) is 0 Å². The highest BCUT2D eigenvalue weighted by molar-refractivity contribution is 9.10. The largest absolute Gasteiger partial charge is 0.480 e. The third kappa shape index (κ3) is 3.25. The average Bonchev–Trinajstić information content (AvgIpc) is 2.98. The lowest BCUT2D eigenvalue weighted by Crippen LogP contribution is -2.48. The maximum Gasteiger partial charge on any atom is 0.326 e. The first-order valence-corrected chi connectivity index (χ1v) is 8.24. The van der Waals surface area contributed by atoms with Crippen molar-refractivity contribution in [1.29, 1.82) is 0 Å². The molecule has 0 spiro atoms. The summed E-state index contributed by atoms with van der Waals surface area (Å²) in [6.45, 7) is 1.00. The van der Waals surface area contributed by atoms with Crippen molar-refractivity contribution in [1.82, 2.24) is 10.3 Å². The van der Waals surface area contributed by atoms with E-state index in [0.29, 0.717) is 18.8 Å². The molecule has 1 aromatic heterocycles. The summed E-state index contributed by atoms with van der Waals surface area (Å²) in [5.74, 6) is -1.65. The molecule has 1 amide bonds. The van der Waals surface area contributed by atoms with E-state index in [0.717, 1.165) is 28.2 Å². The molecule has 23 heavy (non-hydrogen) atoms. The number of halogens is 1. The number of carbonyl (C=O) groups is 2. The van der Waals surface area contributed by atoms with Gasteiger partial charge in [-0.2, -0.15) is 0 Å². The van der Waals surface area contributed by atoms with Crippen LogP contribution in [0.1, 0.15) is 23.2 Å². The fourth-order valence-corrected chi connectivity index (χ4v) is 3.53. The van der Waals surface area contributed by atoms with Gasteiger partial charge in [0.1, 0.15) is 6.04 Å². The van der Waals surface area contributed by atoms with Crippen LogP contribution in [0.4, 0.5) is 0 Å². The van der Waals surface area contributed by atoms with Gasteiger partial charge in [0.15, 0.2) is 0 Å². The van der Waals surface area contributed by atoms with Crippen LogP contribution in [0, 0.1) is 5.92 Å². The maximum absolute atomic E-state index is 12.6. The SMILES string of the molecule is O=C(NC(C(=O)O)C1CCCOC1)c1c[nH]c2cccc(Br)c12. The molecule has 3 N–H and O–H groups in total. The van der Waals surface area contributed by atoms with Gasteiger partial charge in [-0.25, -0.2) is 4.79 Å². The van der Waals surface area contributed by atoms with E-state index < -0.39 is 17.9 Å². The van der Waals surface area contributed by atoms with Crippen LogP contribution < -0.4 is 5.32 Å². The first kappa shape index (κ1) is 16.0. The Labute approximate surface area is 141 Å². The van der Waals surface area contributed by atoms with Crippen LogP contribution in [-0.2, 0) is 9.53 Å². The van der Waals surface area contributed by atoms with Gasteiger partial charge >= 0.3 is 5.97 Å². The van der Waals surface area contributed by atoms with Crippen LogP contribution >= 0.6 is 15.9 Å². The Morgan fingerprint density at radius 1 is 1.43 bits per heavy atom. The number of nitrogens with one attached hydrogen (secondary N) is 2. The van der Waals surface area contributed by atoms with Crippen LogP contribution in [0.5, 0.6) is 0 Å². The van der Waals surface area contributed by atoms with Crippen molar-refractivity contribution in [2.24, 2.45) is 5.92 Å². The lowest BCUT2D eigenvalue weighted by Gasteiger charge is -2.28. The van der Waals surface area contributed by atoms with Gasteiger partial charge in [-0.3, -0.25) is 4.79 Å². The number of hydrogen-bond donors (Lipinski definition) is 3. The molecule has 1 saturated heterocycles. The highest BCUT2D eigenvalue weighted by Gasteiger charge is 2.32. The number of amides is 1. The minimum absolute atomic E-state index is 0.209. The van der Waals surface area contributed by atoms with Crippen molar-refractivity contribution < 1.29 is 19.4 Å². The zero-order valence-corrected chi connectivity index (χ0v) is 13.9. The Bertz CT molecular complexity index is 737. The van der Waals surface area contributed by atoms with Gasteiger partial charge in [-0.15, -0.1) is 0 Å². The number of aliphatic carboxylic acids is 1. The lowest BCUT2D eigenvalue weighted by atomic mass is 9.93. The summed E-state index contributed by atoms with van der Waals surface area (Å²) in [5.41, 5.74) is 1.24. The smallest absolute Gasteiger partial charge is 0.326 e. The second-order valence-electron chi connectivity index (χ2n) is 5.63. The van der Waals surface area contributed by atoms with Crippen LogP contribution in [0.25, 0.3) is 10.9 Å². The molecule has 6 nitrogen and oxygen atoms in total. The molecular formula is C16H17BrN2O4. The van der Waals surface area contributed by atoms with Crippen molar-refractivity contribution in [2.45, 2.75) is 18.9 Å². The molecule has 122 valence electrons. The molecule has 0 aliphatic carbocycles. The minimum Gasteiger partial charge on any atom is -0.480 e. The van der Waals surface area contributed by atoms with E-state index in [1.54, 1.807) is 6.20 Å². The molecule has 1 aliphatic rings. The lowest BCUT2D eigenvalue weighted by molar-refractivity contribution is -0.142. The molecule has 0 radical (unpaired) electrons. The fourth-order valence-electron chi connectivity index (χ4n) is 2.95. The van der Waals surface area contributed by atoms with Crippen molar-refractivity contribution in [2.75, 3.05) is 13.2 Å². The fraction of sp³-hybridized carbons (Fsp3) is 0.375. The first-order chi connectivity index (χ1) is 11.1. The molecular weight excluding hydrogens is 364 g/mol. The maximum atomic E-state index is 12.6. The zero-order valence-electron chi connectivity index (χ0n) is 12.3. The summed E-state index contributed by atoms with van der Waals surface area (Å²) in [6.07, 6.45) is 3.14. The van der Waals surface area contributed by atoms with Crippen molar-refractivity contribution in [3.8, 4) is 0 Å². The first-order valence-electron chi connectivity index (χ1n) is 7.45. The number of hydrogen-bond acceptors (Lipinski definition) is 3. The molecule has 2 aromatic rings. The normalized spacial score (nSPS) is 19.4. The Morgan fingerprint density at radius 2 is 2.26 bits per heavy atom. The monoisotopic (exact) mass is 380 g/mol. The molecule has 0 saturated carbocycles. The Balaban J connectivity index is 1.84. The van der Waals surface area contributed by atoms with Gasteiger partial charge in [0.25, 0.3) is 5.91 Å². The molecule has 0 bridgehead atoms. The molecule has 1 aromatic carbocycles. The summed E-state index contributed by atoms with van der Waals surface area (Å²) in [7, 11) is 0. The van der Waals surface area contributed by atoms with E-state index in [1.165, 1.54) is 0 Å². The van der Waals surface area contributed by atoms with E-state index in [2.05, 4.69) is 26.2 Å². The number of rotatable bonds is 4. The van der Waals surface area contributed by atoms with E-state index in [1.807, 2.05) is 18.2 Å². The Hall–Kier alpha value is -1.86. The van der Waals surface area contributed by atoms with E-state index in [-0.39, 0.29) is 5.92 Å². The number of carboxylic acids is 1. The number of carboxylic acid groups (broad SMARTS) is 1. The van der Waals surface area contributed by atoms with Crippen LogP contribution in [0.15, 0.2) is 28.9 Å². The highest BCUT2D eigenvalue weighted by atomic mass is 79.9. The van der Waals surface area contributed by atoms with Crippen LogP contribution in [-0.4, -0.2) is 41.2 Å². The highest BCUT2D eigenvalue weighted by Crippen LogP contribution is 2.27. The number of H-pyrrole nitrogens is 1. The summed E-state index contributed by atoms with van der Waals surface area (Å²) in [6, 6.07) is 4.62. The summed E-state index contributed by atoms with van der Waals surface area (Å²) >= 11 is 3.43. The van der Waals surface area contributed by atoms with E-state index >= 15 is 0 Å². The molecule has 7 heteroatoms. The van der Waals surface area contributed by atoms with Crippen molar-refractivity contribution in [3.63, 3.8) is 0 Å². The predicted octanol–water partition coefficient (Wildman–Crippen LogP) is 2.54. The Morgan fingerprint density at radius 3 is 2.96 bits per heavy atom. The molecule has 2 heterocycles. The zero-order chi connectivity index (χ0) is 16.4. The predicted molar refractivity (Wildman–Crippen MR) is 88.4 cm³/mol. The van der Waals surface area contributed by atoms with Crippen LogP contribution in [0.3, 0.4) is 0 Å². The number of fused-ring (bicyclic) bond motifs is 1. The molecule has 3 rings (SSSR count). The van der Waals surface area contributed by atoms with Gasteiger partial charge in [0.2, 0.25) is 0 Å². The number of carbonyl (C=O) groups excluding carboxylic acids is 1. The third-order valence-electron chi connectivity index (χ3n) is 4.12. The molecule has 2 unspecified atom stereocenters. The van der Waals surface area contributed by atoms with Gasteiger partial charge < -0.3 is 20.1 Å². The molecule has 1 aliphatic heterocycles. The quantitative estimate of drug-likeness (QED) is 0.759. The van der Waals surface area contributed by atoms with Crippen molar-refractivity contribution >= 4 is 38.7 Å². The van der Waals surface area contributed by atoms with E-state index in [9.17, 15) is 14.7 Å². The molecule has 2 atom stereocenters. The van der Waals surface area contributed by atoms with Gasteiger partial charge in [0.05, 0.1) is 12.2 Å². The Kier molecular flexibility index (Phi) is 4.68. The third-order valence-corrected chi connectivity index (χ3v) is 4.78. The number of aromatic nitrogens is 1. The number of ether oxygens (including phenoxy) is 1. The number of aromatic amines is 1. The standard InChI is InChI=1S/C16H17BrN2O4/c17-11-4-1-5-12-13(11)10(7-18-12)15(20)19-14(16(21)22)9-3-2-6-23-8-9/h1,4-5,7,9,14,18H,2-3,6,8H2,(H,19,20)(H,21,22). The van der Waals surface area contributed by atoms with Gasteiger partial charge in [-0.05, 0) is 25.0 Å². The minimum atomic E-state index is -1.03.